The van der Waals surface area contributed by atoms with Gasteiger partial charge in [-0.15, -0.1) is 4.83 Å². The molecule has 3 N–H and O–H groups in total. The maximum absolute atomic E-state index is 11.6. The highest BCUT2D eigenvalue weighted by Gasteiger charge is 2.17. The molecule has 6 heteroatoms. The van der Waals surface area contributed by atoms with Crippen LogP contribution in [-0.4, -0.2) is 15.0 Å². The van der Waals surface area contributed by atoms with Crippen LogP contribution in [0.5, 0.6) is 5.75 Å². The highest BCUT2D eigenvalue weighted by Crippen LogP contribution is 2.22. The predicted molar refractivity (Wildman–Crippen MR) is 70.6 cm³/mol. The average Bonchev–Trinajstić information content (AvgIpc) is 2.39. The Balaban J connectivity index is 2.66. The third-order valence-electron chi connectivity index (χ3n) is 2.55. The molecule has 1 aromatic carbocycles. The van der Waals surface area contributed by atoms with E-state index in [1.807, 2.05) is 0 Å². The summed E-state index contributed by atoms with van der Waals surface area (Å²) in [6, 6.07) is 6.46. The van der Waals surface area contributed by atoms with E-state index >= 15 is 0 Å². The van der Waals surface area contributed by atoms with Gasteiger partial charge in [-0.1, -0.05) is 38.3 Å². The normalized spacial score (nSPS) is 11.4. The summed E-state index contributed by atoms with van der Waals surface area (Å²) in [5.41, 5.74) is 0. The molecular weight excluding hydrogens is 252 g/mol. The van der Waals surface area contributed by atoms with E-state index in [-0.39, 0.29) is 4.90 Å². The van der Waals surface area contributed by atoms with E-state index < -0.39 is 10.0 Å². The molecule has 0 unspecified atom stereocenters. The third kappa shape index (κ3) is 4.29. The number of hydrogen-bond acceptors (Lipinski definition) is 4. The van der Waals surface area contributed by atoms with Gasteiger partial charge in [0.05, 0.1) is 6.61 Å². The highest BCUT2D eigenvalue weighted by molar-refractivity contribution is 7.89. The summed E-state index contributed by atoms with van der Waals surface area (Å²) in [6.45, 7) is 2.65. The Bertz CT molecular complexity index is 460. The minimum absolute atomic E-state index is 0.0722. The van der Waals surface area contributed by atoms with Crippen LogP contribution in [0.1, 0.15) is 32.6 Å². The largest absolute Gasteiger partial charge is 0.492 e. The van der Waals surface area contributed by atoms with Crippen molar-refractivity contribution < 1.29 is 13.2 Å². The number of ether oxygens (including phenoxy) is 1. The van der Waals surface area contributed by atoms with Crippen LogP contribution < -0.4 is 15.4 Å². The van der Waals surface area contributed by atoms with Crippen LogP contribution >= 0.6 is 0 Å². The quantitative estimate of drug-likeness (QED) is 0.429. The molecule has 5 nitrogen and oxygen atoms in total. The van der Waals surface area contributed by atoms with Crippen molar-refractivity contribution in [1.82, 2.24) is 4.83 Å². The zero-order chi connectivity index (χ0) is 13.4. The Morgan fingerprint density at radius 2 is 1.94 bits per heavy atom. The van der Waals surface area contributed by atoms with E-state index in [2.05, 4.69) is 6.92 Å². The lowest BCUT2D eigenvalue weighted by Gasteiger charge is -2.10. The van der Waals surface area contributed by atoms with Gasteiger partial charge in [0.2, 0.25) is 0 Å². The monoisotopic (exact) mass is 272 g/mol. The van der Waals surface area contributed by atoms with Gasteiger partial charge >= 0.3 is 0 Å². The fraction of sp³-hybridized carbons (Fsp3) is 0.500. The number of hydrogen-bond donors (Lipinski definition) is 2. The van der Waals surface area contributed by atoms with Gasteiger partial charge < -0.3 is 4.74 Å². The van der Waals surface area contributed by atoms with Crippen molar-refractivity contribution in [1.29, 1.82) is 0 Å². The van der Waals surface area contributed by atoms with Crippen molar-refractivity contribution in [2.75, 3.05) is 6.61 Å². The Hall–Kier alpha value is -1.11. The predicted octanol–water partition coefficient (Wildman–Crippen LogP) is 1.80. The Labute approximate surface area is 108 Å². The van der Waals surface area contributed by atoms with Crippen molar-refractivity contribution in [3.63, 3.8) is 0 Å². The van der Waals surface area contributed by atoms with E-state index in [4.69, 9.17) is 10.6 Å². The van der Waals surface area contributed by atoms with Crippen LogP contribution in [0.2, 0.25) is 0 Å². The Morgan fingerprint density at radius 1 is 1.22 bits per heavy atom. The number of sulfonamides is 1. The summed E-state index contributed by atoms with van der Waals surface area (Å²) < 4.78 is 28.8. The van der Waals surface area contributed by atoms with Crippen molar-refractivity contribution in [3.8, 4) is 5.75 Å². The molecule has 1 aromatic rings. The summed E-state index contributed by atoms with van der Waals surface area (Å²) in [7, 11) is -3.67. The third-order valence-corrected chi connectivity index (χ3v) is 3.78. The number of para-hydroxylation sites is 1. The molecule has 0 fully saturated rings. The van der Waals surface area contributed by atoms with E-state index in [1.54, 1.807) is 23.0 Å². The van der Waals surface area contributed by atoms with E-state index in [0.29, 0.717) is 12.4 Å². The molecule has 0 spiro atoms. The first kappa shape index (κ1) is 14.9. The lowest BCUT2D eigenvalue weighted by atomic mass is 10.2. The van der Waals surface area contributed by atoms with Crippen LogP contribution in [0.4, 0.5) is 0 Å². The van der Waals surface area contributed by atoms with E-state index in [0.717, 1.165) is 25.7 Å². The molecule has 0 saturated heterocycles. The van der Waals surface area contributed by atoms with Gasteiger partial charge in [0.1, 0.15) is 10.6 Å². The van der Waals surface area contributed by atoms with Crippen LogP contribution in [-0.2, 0) is 10.0 Å². The zero-order valence-electron chi connectivity index (χ0n) is 10.6. The van der Waals surface area contributed by atoms with Crippen molar-refractivity contribution in [3.05, 3.63) is 24.3 Å². The highest BCUT2D eigenvalue weighted by atomic mass is 32.2. The van der Waals surface area contributed by atoms with Gasteiger partial charge in [-0.2, -0.15) is 0 Å². The summed E-state index contributed by atoms with van der Waals surface area (Å²) in [4.78, 5) is 1.87. The second kappa shape index (κ2) is 7.35. The molecular formula is C12H20N2O3S. The molecule has 1 rings (SSSR count). The summed E-state index contributed by atoms with van der Waals surface area (Å²) in [5, 5.41) is 0. The van der Waals surface area contributed by atoms with Crippen molar-refractivity contribution >= 4 is 10.0 Å². The molecule has 0 aliphatic rings. The van der Waals surface area contributed by atoms with E-state index in [1.165, 1.54) is 6.07 Å². The van der Waals surface area contributed by atoms with Crippen LogP contribution in [0.25, 0.3) is 0 Å². The molecule has 18 heavy (non-hydrogen) atoms. The lowest BCUT2D eigenvalue weighted by molar-refractivity contribution is 0.297. The van der Waals surface area contributed by atoms with Gasteiger partial charge in [-0.25, -0.2) is 8.42 Å². The minimum Gasteiger partial charge on any atom is -0.492 e. The van der Waals surface area contributed by atoms with E-state index in [9.17, 15) is 8.42 Å². The molecule has 102 valence electrons. The second-order valence-electron chi connectivity index (χ2n) is 3.98. The molecule has 0 heterocycles. The Morgan fingerprint density at radius 3 is 2.61 bits per heavy atom. The van der Waals surface area contributed by atoms with Gasteiger partial charge in [0, 0.05) is 0 Å². The SMILES string of the molecule is CCCCCCOc1ccccc1S(=O)(=O)NN. The minimum atomic E-state index is -3.67. The first-order valence-electron chi connectivity index (χ1n) is 6.06. The van der Waals surface area contributed by atoms with Gasteiger partial charge in [0.15, 0.2) is 0 Å². The topological polar surface area (TPSA) is 81.4 Å². The number of hydrazine groups is 1. The van der Waals surface area contributed by atoms with Crippen LogP contribution in [0.15, 0.2) is 29.2 Å². The molecule has 0 atom stereocenters. The molecule has 0 aliphatic carbocycles. The maximum Gasteiger partial charge on any atom is 0.256 e. The fourth-order valence-electron chi connectivity index (χ4n) is 1.57. The lowest BCUT2D eigenvalue weighted by Crippen LogP contribution is -2.30. The molecule has 0 amide bonds. The number of rotatable bonds is 8. The zero-order valence-corrected chi connectivity index (χ0v) is 11.4. The summed E-state index contributed by atoms with van der Waals surface area (Å²) >= 11 is 0. The van der Waals surface area contributed by atoms with Crippen molar-refractivity contribution in [2.45, 2.75) is 37.5 Å². The first-order valence-corrected chi connectivity index (χ1v) is 7.54. The molecule has 0 aliphatic heterocycles. The maximum atomic E-state index is 11.6. The number of unbranched alkanes of at least 4 members (excludes halogenated alkanes) is 3. The van der Waals surface area contributed by atoms with Crippen LogP contribution in [0, 0.1) is 0 Å². The molecule has 0 radical (unpaired) electrons. The number of benzene rings is 1. The van der Waals surface area contributed by atoms with Gasteiger partial charge in [0.25, 0.3) is 10.0 Å². The second-order valence-corrected chi connectivity index (χ2v) is 5.66. The first-order chi connectivity index (χ1) is 8.61. The molecule has 0 aromatic heterocycles. The van der Waals surface area contributed by atoms with Gasteiger partial charge in [-0.3, -0.25) is 5.84 Å². The fourth-order valence-corrected chi connectivity index (χ4v) is 2.34. The summed E-state index contributed by atoms with van der Waals surface area (Å²) in [5.74, 6) is 5.35. The van der Waals surface area contributed by atoms with Gasteiger partial charge in [-0.05, 0) is 18.6 Å². The summed E-state index contributed by atoms with van der Waals surface area (Å²) in [6.07, 6.45) is 4.31. The standard InChI is InChI=1S/C12H20N2O3S/c1-2-3-4-7-10-17-11-8-5-6-9-12(11)18(15,16)14-13/h5-6,8-9,14H,2-4,7,10,13H2,1H3. The molecule has 0 bridgehead atoms. The average molecular weight is 272 g/mol. The van der Waals surface area contributed by atoms with Crippen LogP contribution in [0.3, 0.4) is 0 Å². The number of nitrogens with one attached hydrogen (secondary N) is 1. The van der Waals surface area contributed by atoms with Crippen molar-refractivity contribution in [2.24, 2.45) is 5.84 Å². The Kier molecular flexibility index (Phi) is 6.11. The smallest absolute Gasteiger partial charge is 0.256 e. The number of nitrogens with two attached hydrogens (primary N) is 1. The molecule has 0 saturated carbocycles.